The number of hydrogen-bond acceptors (Lipinski definition) is 3. The minimum atomic E-state index is -0.420. The molecule has 0 unspecified atom stereocenters. The quantitative estimate of drug-likeness (QED) is 0.663. The topological polar surface area (TPSA) is 29.5 Å². The summed E-state index contributed by atoms with van der Waals surface area (Å²) in [6.07, 6.45) is 1.89. The van der Waals surface area contributed by atoms with Crippen LogP contribution in [0, 0.1) is 5.92 Å². The van der Waals surface area contributed by atoms with Crippen LogP contribution in [0.2, 0.25) is 0 Å². The molecule has 1 atom stereocenters. The van der Waals surface area contributed by atoms with E-state index in [0.29, 0.717) is 12.5 Å². The molecule has 1 aliphatic rings. The van der Waals surface area contributed by atoms with Crippen molar-refractivity contribution in [3.63, 3.8) is 0 Å². The lowest BCUT2D eigenvalue weighted by atomic mass is 9.96. The molecule has 4 heteroatoms. The van der Waals surface area contributed by atoms with Crippen LogP contribution in [-0.2, 0) is 4.74 Å². The van der Waals surface area contributed by atoms with Gasteiger partial charge in [-0.2, -0.15) is 0 Å². The van der Waals surface area contributed by atoms with Crippen molar-refractivity contribution >= 4 is 23.2 Å². The zero-order valence-corrected chi connectivity index (χ0v) is 11.4. The summed E-state index contributed by atoms with van der Waals surface area (Å²) in [5.41, 5.74) is -0.420. The largest absolute Gasteiger partial charge is 0.444 e. The number of hydrogen-bond donors (Lipinski definition) is 0. The van der Waals surface area contributed by atoms with Gasteiger partial charge in [-0.3, -0.25) is 0 Å². The highest BCUT2D eigenvalue weighted by Gasteiger charge is 2.28. The molecule has 0 bridgehead atoms. The van der Waals surface area contributed by atoms with Gasteiger partial charge >= 0.3 is 6.09 Å². The fourth-order valence-corrected chi connectivity index (χ4v) is 1.99. The first-order valence-corrected chi connectivity index (χ1v) is 6.19. The standard InChI is InChI=1S/C12H21NO2S/c1-9(16)10-6-5-7-13(8-10)11(14)15-12(2,3)4/h10H,5-8H2,1-4H3/t10-/m0/s1. The molecule has 0 radical (unpaired) electrons. The number of piperidine rings is 1. The maximum absolute atomic E-state index is 11.8. The van der Waals surface area contributed by atoms with Gasteiger partial charge in [-0.05, 0) is 45.4 Å². The average Bonchev–Trinajstić information content (AvgIpc) is 2.15. The zero-order valence-electron chi connectivity index (χ0n) is 10.6. The molecule has 0 saturated carbocycles. The highest BCUT2D eigenvalue weighted by Crippen LogP contribution is 2.20. The van der Waals surface area contributed by atoms with Gasteiger partial charge in [0.1, 0.15) is 5.60 Å². The maximum Gasteiger partial charge on any atom is 0.410 e. The summed E-state index contributed by atoms with van der Waals surface area (Å²) < 4.78 is 5.35. The minimum absolute atomic E-state index is 0.214. The Hall–Kier alpha value is -0.640. The molecule has 0 aromatic heterocycles. The molecule has 1 fully saturated rings. The fourth-order valence-electron chi connectivity index (χ4n) is 1.80. The normalized spacial score (nSPS) is 21.8. The molecule has 3 nitrogen and oxygen atoms in total. The number of amides is 1. The SMILES string of the molecule is CC(=S)[C@H]1CCCN(C(=O)OC(C)(C)C)C1. The van der Waals surface area contributed by atoms with E-state index in [1.165, 1.54) is 0 Å². The summed E-state index contributed by atoms with van der Waals surface area (Å²) in [5.74, 6) is 0.358. The molecule has 0 aromatic rings. The van der Waals surface area contributed by atoms with Crippen LogP contribution in [0.5, 0.6) is 0 Å². The molecule has 1 aliphatic heterocycles. The minimum Gasteiger partial charge on any atom is -0.444 e. The van der Waals surface area contributed by atoms with E-state index in [1.807, 2.05) is 27.7 Å². The lowest BCUT2D eigenvalue weighted by Crippen LogP contribution is -2.44. The third-order valence-corrected chi connectivity index (χ3v) is 2.98. The average molecular weight is 243 g/mol. The van der Waals surface area contributed by atoms with Crippen LogP contribution in [0.15, 0.2) is 0 Å². The molecule has 1 rings (SSSR count). The van der Waals surface area contributed by atoms with E-state index in [-0.39, 0.29) is 6.09 Å². The molecule has 1 amide bonds. The molecule has 0 spiro atoms. The van der Waals surface area contributed by atoms with E-state index in [2.05, 4.69) is 0 Å². The van der Waals surface area contributed by atoms with Gasteiger partial charge in [0.25, 0.3) is 0 Å². The van der Waals surface area contributed by atoms with Crippen molar-refractivity contribution in [1.29, 1.82) is 0 Å². The summed E-state index contributed by atoms with van der Waals surface area (Å²) in [6, 6.07) is 0. The Bertz CT molecular complexity index is 283. The van der Waals surface area contributed by atoms with Gasteiger partial charge in [-0.15, -0.1) is 0 Å². The Morgan fingerprint density at radius 1 is 1.44 bits per heavy atom. The van der Waals surface area contributed by atoms with E-state index in [1.54, 1.807) is 4.90 Å². The third kappa shape index (κ3) is 4.08. The highest BCUT2D eigenvalue weighted by atomic mass is 32.1. The van der Waals surface area contributed by atoms with Gasteiger partial charge in [0.15, 0.2) is 0 Å². The Kier molecular flexibility index (Phi) is 4.30. The van der Waals surface area contributed by atoms with Crippen molar-refractivity contribution < 1.29 is 9.53 Å². The number of carbonyl (C=O) groups excluding carboxylic acids is 1. The van der Waals surface area contributed by atoms with Crippen LogP contribution >= 0.6 is 12.2 Å². The smallest absolute Gasteiger partial charge is 0.410 e. The Morgan fingerprint density at radius 2 is 2.06 bits per heavy atom. The number of likely N-dealkylation sites (tertiary alicyclic amines) is 1. The van der Waals surface area contributed by atoms with E-state index in [0.717, 1.165) is 24.3 Å². The van der Waals surface area contributed by atoms with Crippen molar-refractivity contribution in [2.75, 3.05) is 13.1 Å². The van der Waals surface area contributed by atoms with E-state index >= 15 is 0 Å². The highest BCUT2D eigenvalue weighted by molar-refractivity contribution is 7.80. The van der Waals surface area contributed by atoms with Crippen LogP contribution in [0.25, 0.3) is 0 Å². The Balaban J connectivity index is 2.54. The fraction of sp³-hybridized carbons (Fsp3) is 0.833. The monoisotopic (exact) mass is 243 g/mol. The molecule has 1 saturated heterocycles. The maximum atomic E-state index is 11.8. The van der Waals surface area contributed by atoms with Crippen molar-refractivity contribution in [1.82, 2.24) is 4.90 Å². The molecular weight excluding hydrogens is 222 g/mol. The van der Waals surface area contributed by atoms with Crippen molar-refractivity contribution in [2.24, 2.45) is 5.92 Å². The number of thiocarbonyl (C=S) groups is 1. The van der Waals surface area contributed by atoms with Gasteiger partial charge in [-0.25, -0.2) is 4.79 Å². The summed E-state index contributed by atoms with van der Waals surface area (Å²) in [6.45, 7) is 9.11. The Morgan fingerprint density at radius 3 is 2.56 bits per heavy atom. The first kappa shape index (κ1) is 13.4. The van der Waals surface area contributed by atoms with Gasteiger partial charge < -0.3 is 9.64 Å². The summed E-state index contributed by atoms with van der Waals surface area (Å²) in [4.78, 5) is 14.6. The number of carbonyl (C=O) groups is 1. The summed E-state index contributed by atoms with van der Waals surface area (Å²) in [7, 11) is 0. The predicted octanol–water partition coefficient (Wildman–Crippen LogP) is 3.02. The molecule has 16 heavy (non-hydrogen) atoms. The van der Waals surface area contributed by atoms with E-state index < -0.39 is 5.60 Å². The second kappa shape index (κ2) is 5.13. The second-order valence-electron chi connectivity index (χ2n) is 5.38. The van der Waals surface area contributed by atoms with E-state index in [4.69, 9.17) is 17.0 Å². The molecule has 1 heterocycles. The van der Waals surface area contributed by atoms with Crippen LogP contribution in [0.4, 0.5) is 4.79 Å². The molecular formula is C12H21NO2S. The first-order valence-electron chi connectivity index (χ1n) is 5.78. The third-order valence-electron chi connectivity index (χ3n) is 2.65. The van der Waals surface area contributed by atoms with E-state index in [9.17, 15) is 4.79 Å². The summed E-state index contributed by atoms with van der Waals surface area (Å²) >= 11 is 5.19. The van der Waals surface area contributed by atoms with Crippen LogP contribution in [0.1, 0.15) is 40.5 Å². The second-order valence-corrected chi connectivity index (χ2v) is 6.02. The van der Waals surface area contributed by atoms with Crippen molar-refractivity contribution in [2.45, 2.75) is 46.1 Å². The van der Waals surface area contributed by atoms with Crippen molar-refractivity contribution in [3.8, 4) is 0 Å². The zero-order chi connectivity index (χ0) is 12.3. The van der Waals surface area contributed by atoms with Gasteiger partial charge in [0.05, 0.1) is 0 Å². The lowest BCUT2D eigenvalue weighted by molar-refractivity contribution is 0.0194. The lowest BCUT2D eigenvalue weighted by Gasteiger charge is -2.33. The van der Waals surface area contributed by atoms with Crippen LogP contribution in [-0.4, -0.2) is 34.5 Å². The number of nitrogens with zero attached hydrogens (tertiary/aromatic N) is 1. The van der Waals surface area contributed by atoms with Crippen molar-refractivity contribution in [3.05, 3.63) is 0 Å². The van der Waals surface area contributed by atoms with Crippen LogP contribution < -0.4 is 0 Å². The summed E-state index contributed by atoms with van der Waals surface area (Å²) in [5, 5.41) is 0. The molecule has 92 valence electrons. The number of rotatable bonds is 1. The number of ether oxygens (including phenoxy) is 1. The molecule has 0 N–H and O–H groups in total. The Labute approximate surface area is 103 Å². The van der Waals surface area contributed by atoms with Gasteiger partial charge in [0, 0.05) is 19.0 Å². The molecule has 0 aromatic carbocycles. The molecule has 0 aliphatic carbocycles. The van der Waals surface area contributed by atoms with Gasteiger partial charge in [0.2, 0.25) is 0 Å². The first-order chi connectivity index (χ1) is 7.29. The predicted molar refractivity (Wildman–Crippen MR) is 68.8 cm³/mol. The van der Waals surface area contributed by atoms with Crippen LogP contribution in [0.3, 0.4) is 0 Å². The van der Waals surface area contributed by atoms with Gasteiger partial charge in [-0.1, -0.05) is 12.2 Å².